The molecule has 2 N–H and O–H groups in total. The number of halogens is 3. The van der Waals surface area contributed by atoms with Crippen LogP contribution in [0.4, 0.5) is 18.9 Å². The van der Waals surface area contributed by atoms with Crippen molar-refractivity contribution in [1.29, 1.82) is 0 Å². The Morgan fingerprint density at radius 1 is 1.11 bits per heavy atom. The fourth-order valence-electron chi connectivity index (χ4n) is 1.44. The van der Waals surface area contributed by atoms with Crippen LogP contribution >= 0.6 is 11.8 Å². The predicted molar refractivity (Wildman–Crippen MR) is 68.0 cm³/mol. The van der Waals surface area contributed by atoms with Crippen molar-refractivity contribution in [2.45, 2.75) is 16.4 Å². The van der Waals surface area contributed by atoms with Gasteiger partial charge in [-0.1, -0.05) is 30.0 Å². The third-order valence-electron chi connectivity index (χ3n) is 2.25. The number of rotatable bonds is 4. The first-order valence-corrected chi connectivity index (χ1v) is 6.14. The minimum atomic E-state index is -3.08. The first kappa shape index (κ1) is 13.6. The summed E-state index contributed by atoms with van der Waals surface area (Å²) >= 11 is 1.25. The molecule has 0 unspecified atom stereocenters. The van der Waals surface area contributed by atoms with E-state index in [2.05, 4.69) is 4.74 Å². The van der Waals surface area contributed by atoms with Crippen molar-refractivity contribution in [3.05, 3.63) is 48.3 Å². The fraction of sp³-hybridized carbons (Fsp3) is 0.0769. The van der Waals surface area contributed by atoms with E-state index in [9.17, 15) is 13.2 Å². The van der Waals surface area contributed by atoms with Crippen molar-refractivity contribution >= 4 is 17.4 Å². The van der Waals surface area contributed by atoms with E-state index in [0.29, 0.717) is 4.90 Å². The summed E-state index contributed by atoms with van der Waals surface area (Å²) < 4.78 is 41.7. The van der Waals surface area contributed by atoms with Gasteiger partial charge in [-0.05, 0) is 18.2 Å². The van der Waals surface area contributed by atoms with Gasteiger partial charge in [-0.3, -0.25) is 0 Å². The highest BCUT2D eigenvalue weighted by Crippen LogP contribution is 2.36. The largest absolute Gasteiger partial charge is 0.432 e. The molecule has 0 aliphatic rings. The molecule has 0 atom stereocenters. The zero-order valence-electron chi connectivity index (χ0n) is 9.65. The average Bonchev–Trinajstić information content (AvgIpc) is 2.36. The van der Waals surface area contributed by atoms with Crippen LogP contribution in [-0.4, -0.2) is 6.61 Å². The average molecular weight is 285 g/mol. The molecule has 0 radical (unpaired) electrons. The Morgan fingerprint density at radius 3 is 2.42 bits per heavy atom. The number of nitrogens with two attached hydrogens (primary N) is 1. The summed E-state index contributed by atoms with van der Waals surface area (Å²) in [5.41, 5.74) is 5.84. The summed E-state index contributed by atoms with van der Waals surface area (Å²) in [6.45, 7) is -3.08. The zero-order valence-corrected chi connectivity index (χ0v) is 10.5. The van der Waals surface area contributed by atoms with Gasteiger partial charge in [0.2, 0.25) is 0 Å². The van der Waals surface area contributed by atoms with E-state index >= 15 is 0 Å². The second-order valence-electron chi connectivity index (χ2n) is 3.61. The van der Waals surface area contributed by atoms with Gasteiger partial charge >= 0.3 is 6.61 Å². The lowest BCUT2D eigenvalue weighted by Crippen LogP contribution is -2.04. The Bertz CT molecular complexity index is 563. The quantitative estimate of drug-likeness (QED) is 0.857. The Kier molecular flexibility index (Phi) is 4.21. The smallest absolute Gasteiger partial charge is 0.387 e. The molecule has 6 heteroatoms. The lowest BCUT2D eigenvalue weighted by molar-refractivity contribution is -0.0523. The maximum Gasteiger partial charge on any atom is 0.387 e. The minimum absolute atomic E-state index is 0.174. The lowest BCUT2D eigenvalue weighted by Gasteiger charge is -2.10. The van der Waals surface area contributed by atoms with Crippen molar-refractivity contribution in [2.24, 2.45) is 0 Å². The number of nitrogen functional groups attached to an aromatic ring is 1. The molecular formula is C13H10F3NOS. The molecule has 2 aromatic rings. The SMILES string of the molecule is Nc1cc(F)c(OC(F)F)cc1Sc1ccccc1. The molecule has 0 aromatic heterocycles. The molecule has 2 aromatic carbocycles. The number of hydrogen-bond donors (Lipinski definition) is 1. The van der Waals surface area contributed by atoms with Crippen LogP contribution in [0.15, 0.2) is 52.3 Å². The summed E-state index contributed by atoms with van der Waals surface area (Å²) in [6, 6.07) is 11.3. The van der Waals surface area contributed by atoms with Gasteiger partial charge in [-0.15, -0.1) is 0 Å². The van der Waals surface area contributed by atoms with Gasteiger partial charge in [-0.25, -0.2) is 4.39 Å². The van der Waals surface area contributed by atoms with Crippen LogP contribution in [0.2, 0.25) is 0 Å². The van der Waals surface area contributed by atoms with Crippen LogP contribution < -0.4 is 10.5 Å². The van der Waals surface area contributed by atoms with Crippen LogP contribution in [-0.2, 0) is 0 Å². The normalized spacial score (nSPS) is 10.7. The summed E-state index contributed by atoms with van der Waals surface area (Å²) in [5.74, 6) is -1.42. The summed E-state index contributed by atoms with van der Waals surface area (Å²) in [6.07, 6.45) is 0. The van der Waals surface area contributed by atoms with Gasteiger partial charge in [0, 0.05) is 21.5 Å². The highest BCUT2D eigenvalue weighted by molar-refractivity contribution is 7.99. The van der Waals surface area contributed by atoms with Crippen molar-refractivity contribution in [3.63, 3.8) is 0 Å². The standard InChI is InChI=1S/C13H10F3NOS/c14-9-6-10(17)12(7-11(9)18-13(15)16)19-8-4-2-1-3-5-8/h1-7,13H,17H2. The fourth-order valence-corrected chi connectivity index (χ4v) is 2.33. The summed E-state index contributed by atoms with van der Waals surface area (Å²) in [5, 5.41) is 0. The van der Waals surface area contributed by atoms with Crippen LogP contribution in [0, 0.1) is 5.82 Å². The van der Waals surface area contributed by atoms with E-state index in [-0.39, 0.29) is 5.69 Å². The van der Waals surface area contributed by atoms with Crippen molar-refractivity contribution in [2.75, 3.05) is 5.73 Å². The lowest BCUT2D eigenvalue weighted by atomic mass is 10.3. The second kappa shape index (κ2) is 5.88. The molecule has 0 bridgehead atoms. The van der Waals surface area contributed by atoms with Gasteiger partial charge in [-0.2, -0.15) is 8.78 Å². The van der Waals surface area contributed by atoms with Gasteiger partial charge in [0.25, 0.3) is 0 Å². The van der Waals surface area contributed by atoms with E-state index in [0.717, 1.165) is 11.0 Å². The monoisotopic (exact) mass is 285 g/mol. The maximum atomic E-state index is 13.4. The topological polar surface area (TPSA) is 35.2 Å². The molecule has 2 rings (SSSR count). The van der Waals surface area contributed by atoms with Crippen molar-refractivity contribution in [1.82, 2.24) is 0 Å². The van der Waals surface area contributed by atoms with Gasteiger partial charge < -0.3 is 10.5 Å². The molecule has 0 saturated carbocycles. The number of alkyl halides is 2. The third kappa shape index (κ3) is 3.57. The predicted octanol–water partition coefficient (Wildman–Crippen LogP) is 4.16. The molecule has 0 aliphatic carbocycles. The van der Waals surface area contributed by atoms with E-state index in [1.54, 1.807) is 0 Å². The van der Waals surface area contributed by atoms with Crippen LogP contribution in [0.25, 0.3) is 0 Å². The van der Waals surface area contributed by atoms with Crippen LogP contribution in [0.3, 0.4) is 0 Å². The van der Waals surface area contributed by atoms with Crippen LogP contribution in [0.5, 0.6) is 5.75 Å². The van der Waals surface area contributed by atoms with Gasteiger partial charge in [0.1, 0.15) is 0 Å². The first-order chi connectivity index (χ1) is 9.06. The molecule has 0 saturated heterocycles. The molecule has 2 nitrogen and oxygen atoms in total. The van der Waals surface area contributed by atoms with E-state index in [1.165, 1.54) is 17.8 Å². The Hall–Kier alpha value is -1.82. The maximum absolute atomic E-state index is 13.4. The first-order valence-electron chi connectivity index (χ1n) is 5.33. The highest BCUT2D eigenvalue weighted by atomic mass is 32.2. The Labute approximate surface area is 112 Å². The van der Waals surface area contributed by atoms with Crippen molar-refractivity contribution in [3.8, 4) is 5.75 Å². The molecule has 0 amide bonds. The molecular weight excluding hydrogens is 275 g/mol. The van der Waals surface area contributed by atoms with Gasteiger partial charge in [0.05, 0.1) is 0 Å². The molecule has 0 aliphatic heterocycles. The number of ether oxygens (including phenoxy) is 1. The van der Waals surface area contributed by atoms with E-state index in [1.807, 2.05) is 30.3 Å². The van der Waals surface area contributed by atoms with Crippen molar-refractivity contribution < 1.29 is 17.9 Å². The third-order valence-corrected chi connectivity index (χ3v) is 3.33. The summed E-state index contributed by atoms with van der Waals surface area (Å²) in [4.78, 5) is 1.33. The molecule has 100 valence electrons. The highest BCUT2D eigenvalue weighted by Gasteiger charge is 2.14. The Balaban J connectivity index is 2.29. The van der Waals surface area contributed by atoms with E-state index in [4.69, 9.17) is 5.73 Å². The molecule has 0 fully saturated rings. The Morgan fingerprint density at radius 2 is 1.79 bits per heavy atom. The minimum Gasteiger partial charge on any atom is -0.432 e. The van der Waals surface area contributed by atoms with Crippen LogP contribution in [0.1, 0.15) is 0 Å². The second-order valence-corrected chi connectivity index (χ2v) is 4.73. The molecule has 19 heavy (non-hydrogen) atoms. The molecule has 0 spiro atoms. The van der Waals surface area contributed by atoms with E-state index < -0.39 is 18.2 Å². The summed E-state index contributed by atoms with van der Waals surface area (Å²) in [7, 11) is 0. The number of benzene rings is 2. The van der Waals surface area contributed by atoms with Gasteiger partial charge in [0.15, 0.2) is 11.6 Å². The number of anilines is 1. The number of hydrogen-bond acceptors (Lipinski definition) is 3. The zero-order chi connectivity index (χ0) is 13.8. The molecule has 0 heterocycles.